The van der Waals surface area contributed by atoms with Gasteiger partial charge in [0, 0.05) is 37.3 Å². The number of benzene rings is 1. The number of rotatable bonds is 2. The van der Waals surface area contributed by atoms with E-state index in [2.05, 4.69) is 10.3 Å². The molecular formula is C15H13FN2O4. The lowest BCUT2D eigenvalue weighted by Crippen LogP contribution is -2.42. The summed E-state index contributed by atoms with van der Waals surface area (Å²) in [6.45, 7) is 2.92. The molecular weight excluding hydrogens is 291 g/mol. The van der Waals surface area contributed by atoms with Crippen LogP contribution in [0.3, 0.4) is 0 Å². The molecule has 0 spiro atoms. The zero-order chi connectivity index (χ0) is 15.9. The number of aromatic amines is 1. The summed E-state index contributed by atoms with van der Waals surface area (Å²) in [6.07, 6.45) is 2.76. The molecule has 1 aromatic heterocycles. The third kappa shape index (κ3) is 2.52. The zero-order valence-electron chi connectivity index (χ0n) is 11.9. The predicted molar refractivity (Wildman–Crippen MR) is 76.2 cm³/mol. The van der Waals surface area contributed by atoms with Gasteiger partial charge in [0.05, 0.1) is 5.52 Å². The molecule has 0 amide bonds. The number of carbonyl (C=O) groups is 2. The summed E-state index contributed by atoms with van der Waals surface area (Å²) in [5, 5.41) is 3.37. The minimum Gasteiger partial charge on any atom is -0.419 e. The molecule has 2 heterocycles. The molecule has 0 atom stereocenters. The van der Waals surface area contributed by atoms with Crippen LogP contribution in [0, 0.1) is 5.82 Å². The van der Waals surface area contributed by atoms with E-state index in [1.165, 1.54) is 19.9 Å². The Kier molecular flexibility index (Phi) is 3.13. The molecule has 0 unspecified atom stereocenters. The number of nitrogens with one attached hydrogen (secondary N) is 2. The van der Waals surface area contributed by atoms with E-state index in [4.69, 9.17) is 9.47 Å². The normalized spacial score (nSPS) is 17.1. The molecule has 6 nitrogen and oxygen atoms in total. The SMILES string of the molecule is CC1(C)OC(=O)C(=CNc2cc(F)c3[nH]ccc3c2)C(=O)O1. The second-order valence-electron chi connectivity index (χ2n) is 5.28. The van der Waals surface area contributed by atoms with Gasteiger partial charge in [0.25, 0.3) is 5.79 Å². The first-order valence-electron chi connectivity index (χ1n) is 6.56. The van der Waals surface area contributed by atoms with Crippen molar-refractivity contribution in [2.75, 3.05) is 5.32 Å². The highest BCUT2D eigenvalue weighted by atomic mass is 19.1. The van der Waals surface area contributed by atoms with Crippen LogP contribution in [0.15, 0.2) is 36.2 Å². The lowest BCUT2D eigenvalue weighted by Gasteiger charge is -2.29. The number of anilines is 1. The average Bonchev–Trinajstić information content (AvgIpc) is 2.85. The maximum absolute atomic E-state index is 13.8. The van der Waals surface area contributed by atoms with Gasteiger partial charge >= 0.3 is 11.9 Å². The minimum absolute atomic E-state index is 0.283. The van der Waals surface area contributed by atoms with Crippen LogP contribution in [0.4, 0.5) is 10.1 Å². The van der Waals surface area contributed by atoms with E-state index >= 15 is 0 Å². The number of hydrogen-bond donors (Lipinski definition) is 2. The fourth-order valence-corrected chi connectivity index (χ4v) is 2.14. The molecule has 0 saturated carbocycles. The van der Waals surface area contributed by atoms with E-state index < -0.39 is 23.5 Å². The lowest BCUT2D eigenvalue weighted by atomic mass is 10.2. The van der Waals surface area contributed by atoms with Crippen molar-refractivity contribution in [1.82, 2.24) is 4.98 Å². The van der Waals surface area contributed by atoms with Crippen LogP contribution in [-0.4, -0.2) is 22.7 Å². The Balaban J connectivity index is 1.86. The van der Waals surface area contributed by atoms with Crippen LogP contribution in [0.5, 0.6) is 0 Å². The molecule has 114 valence electrons. The van der Waals surface area contributed by atoms with E-state index in [-0.39, 0.29) is 5.57 Å². The van der Waals surface area contributed by atoms with Gasteiger partial charge in [-0.25, -0.2) is 14.0 Å². The van der Waals surface area contributed by atoms with Gasteiger partial charge < -0.3 is 19.8 Å². The summed E-state index contributed by atoms with van der Waals surface area (Å²) in [7, 11) is 0. The summed E-state index contributed by atoms with van der Waals surface area (Å²) in [5.41, 5.74) is 0.493. The van der Waals surface area contributed by atoms with Crippen molar-refractivity contribution in [3.05, 3.63) is 42.0 Å². The lowest BCUT2D eigenvalue weighted by molar-refractivity contribution is -0.222. The van der Waals surface area contributed by atoms with E-state index in [0.717, 1.165) is 6.20 Å². The number of H-pyrrole nitrogens is 1. The molecule has 1 aliphatic heterocycles. The maximum Gasteiger partial charge on any atom is 0.350 e. The minimum atomic E-state index is -1.29. The van der Waals surface area contributed by atoms with Crippen molar-refractivity contribution < 1.29 is 23.5 Å². The fraction of sp³-hybridized carbons (Fsp3) is 0.200. The molecule has 2 aromatic rings. The topological polar surface area (TPSA) is 80.4 Å². The molecule has 1 fully saturated rings. The molecule has 0 bridgehead atoms. The zero-order valence-corrected chi connectivity index (χ0v) is 11.9. The Morgan fingerprint density at radius 3 is 2.59 bits per heavy atom. The van der Waals surface area contributed by atoms with Gasteiger partial charge in [0.1, 0.15) is 5.82 Å². The largest absolute Gasteiger partial charge is 0.419 e. The Labute approximate surface area is 124 Å². The van der Waals surface area contributed by atoms with Gasteiger partial charge in [-0.2, -0.15) is 0 Å². The summed E-state index contributed by atoms with van der Waals surface area (Å²) in [4.78, 5) is 26.3. The van der Waals surface area contributed by atoms with Gasteiger partial charge in [0.2, 0.25) is 0 Å². The van der Waals surface area contributed by atoms with E-state index in [0.29, 0.717) is 16.6 Å². The van der Waals surface area contributed by atoms with Crippen LogP contribution in [0.1, 0.15) is 13.8 Å². The number of aromatic nitrogens is 1. The number of fused-ring (bicyclic) bond motifs is 1. The quantitative estimate of drug-likeness (QED) is 0.506. The van der Waals surface area contributed by atoms with Gasteiger partial charge in [-0.1, -0.05) is 0 Å². The van der Waals surface area contributed by atoms with Crippen molar-refractivity contribution in [1.29, 1.82) is 0 Å². The summed E-state index contributed by atoms with van der Waals surface area (Å²) >= 11 is 0. The molecule has 0 aliphatic carbocycles. The van der Waals surface area contributed by atoms with Crippen molar-refractivity contribution in [2.24, 2.45) is 0 Å². The van der Waals surface area contributed by atoms with Crippen LogP contribution < -0.4 is 5.32 Å². The Morgan fingerprint density at radius 2 is 1.91 bits per heavy atom. The molecule has 1 saturated heterocycles. The fourth-order valence-electron chi connectivity index (χ4n) is 2.14. The molecule has 2 N–H and O–H groups in total. The average molecular weight is 304 g/mol. The Hall–Kier alpha value is -2.83. The van der Waals surface area contributed by atoms with Crippen LogP contribution in [0.2, 0.25) is 0 Å². The summed E-state index contributed by atoms with van der Waals surface area (Å²) in [6, 6.07) is 4.64. The summed E-state index contributed by atoms with van der Waals surface area (Å²) in [5.74, 6) is -3.33. The van der Waals surface area contributed by atoms with Gasteiger partial charge in [-0.3, -0.25) is 0 Å². The molecule has 22 heavy (non-hydrogen) atoms. The van der Waals surface area contributed by atoms with Crippen LogP contribution in [0.25, 0.3) is 10.9 Å². The highest BCUT2D eigenvalue weighted by Gasteiger charge is 2.38. The number of cyclic esters (lactones) is 2. The van der Waals surface area contributed by atoms with E-state index in [9.17, 15) is 14.0 Å². The van der Waals surface area contributed by atoms with Crippen LogP contribution >= 0.6 is 0 Å². The van der Waals surface area contributed by atoms with Crippen molar-refractivity contribution in [3.8, 4) is 0 Å². The number of ether oxygens (including phenoxy) is 2. The predicted octanol–water partition coefficient (Wildman–Crippen LogP) is 2.44. The first-order chi connectivity index (χ1) is 10.4. The maximum atomic E-state index is 13.8. The first-order valence-corrected chi connectivity index (χ1v) is 6.56. The Bertz CT molecular complexity index is 785. The van der Waals surface area contributed by atoms with Gasteiger partial charge in [0.15, 0.2) is 5.57 Å². The highest BCUT2D eigenvalue weighted by molar-refractivity contribution is 6.15. The first kappa shape index (κ1) is 14.1. The van der Waals surface area contributed by atoms with E-state index in [1.807, 2.05) is 0 Å². The second-order valence-corrected chi connectivity index (χ2v) is 5.28. The van der Waals surface area contributed by atoms with Gasteiger partial charge in [-0.15, -0.1) is 0 Å². The molecule has 1 aliphatic rings. The monoisotopic (exact) mass is 304 g/mol. The standard InChI is InChI=1S/C15H13FN2O4/c1-15(2)21-13(19)10(14(20)22-15)7-18-9-5-8-3-4-17-12(8)11(16)6-9/h3-7,17-18H,1-2H3. The van der Waals surface area contributed by atoms with Crippen LogP contribution in [-0.2, 0) is 19.1 Å². The molecule has 3 rings (SSSR count). The number of halogens is 1. The molecule has 7 heteroatoms. The molecule has 0 radical (unpaired) electrons. The number of hydrogen-bond acceptors (Lipinski definition) is 5. The highest BCUT2D eigenvalue weighted by Crippen LogP contribution is 2.24. The third-order valence-electron chi connectivity index (χ3n) is 3.11. The summed E-state index contributed by atoms with van der Waals surface area (Å²) < 4.78 is 23.7. The van der Waals surface area contributed by atoms with E-state index in [1.54, 1.807) is 18.3 Å². The number of carbonyl (C=O) groups excluding carboxylic acids is 2. The van der Waals surface area contributed by atoms with Crippen molar-refractivity contribution >= 4 is 28.5 Å². The smallest absolute Gasteiger partial charge is 0.350 e. The third-order valence-corrected chi connectivity index (χ3v) is 3.11. The van der Waals surface area contributed by atoms with Gasteiger partial charge in [-0.05, 0) is 18.2 Å². The Morgan fingerprint density at radius 1 is 1.23 bits per heavy atom. The van der Waals surface area contributed by atoms with Crippen molar-refractivity contribution in [2.45, 2.75) is 19.6 Å². The molecule has 1 aromatic carbocycles. The second kappa shape index (κ2) is 4.87. The number of esters is 2. The van der Waals surface area contributed by atoms with Crippen molar-refractivity contribution in [3.63, 3.8) is 0 Å².